The number of rotatable bonds is 6. The van der Waals surface area contributed by atoms with E-state index >= 15 is 0 Å². The molecule has 0 unspecified atom stereocenters. The first-order valence-electron chi connectivity index (χ1n) is 7.66. The molecule has 1 amide bonds. The average Bonchev–Trinajstić information content (AvgIpc) is 3.41. The van der Waals surface area contributed by atoms with Crippen LogP contribution in [0.1, 0.15) is 0 Å². The van der Waals surface area contributed by atoms with Gasteiger partial charge in [0.15, 0.2) is 5.13 Å². The van der Waals surface area contributed by atoms with Crippen molar-refractivity contribution in [2.24, 2.45) is 0 Å². The molecule has 1 N–H and O–H groups in total. The summed E-state index contributed by atoms with van der Waals surface area (Å²) in [5.41, 5.74) is 1.06. The number of carbonyl (C=O) groups excluding carboxylic acids is 1. The van der Waals surface area contributed by atoms with Gasteiger partial charge in [-0.25, -0.2) is 9.37 Å². The maximum atomic E-state index is 13.9. The molecule has 0 aliphatic rings. The molecule has 0 spiro atoms. The van der Waals surface area contributed by atoms with Gasteiger partial charge in [0, 0.05) is 5.38 Å². The third kappa shape index (κ3) is 4.04. The van der Waals surface area contributed by atoms with Crippen LogP contribution in [0.25, 0.3) is 16.3 Å². The molecule has 0 radical (unpaired) electrons. The van der Waals surface area contributed by atoms with Gasteiger partial charge in [0.1, 0.15) is 11.5 Å². The maximum Gasteiger partial charge on any atom is 0.236 e. The summed E-state index contributed by atoms with van der Waals surface area (Å²) in [7, 11) is 0. The second-order valence-electron chi connectivity index (χ2n) is 5.18. The van der Waals surface area contributed by atoms with Crippen molar-refractivity contribution in [1.82, 2.24) is 25.2 Å². The number of thiophene rings is 1. The number of thiazole rings is 1. The monoisotopic (exact) mass is 418 g/mol. The molecule has 0 saturated heterocycles. The van der Waals surface area contributed by atoms with E-state index in [1.165, 1.54) is 22.1 Å². The van der Waals surface area contributed by atoms with E-state index in [0.29, 0.717) is 10.3 Å². The van der Waals surface area contributed by atoms with E-state index < -0.39 is 5.82 Å². The Hall–Kier alpha value is -2.63. The highest BCUT2D eigenvalue weighted by atomic mass is 32.2. The van der Waals surface area contributed by atoms with Crippen LogP contribution in [-0.2, 0) is 4.79 Å². The molecule has 4 aromatic rings. The topological polar surface area (TPSA) is 85.6 Å². The third-order valence-electron chi connectivity index (χ3n) is 3.38. The van der Waals surface area contributed by atoms with Crippen LogP contribution in [0.15, 0.2) is 52.3 Å². The summed E-state index contributed by atoms with van der Waals surface area (Å²) >= 11 is 4.07. The quantitative estimate of drug-likeness (QED) is 0.481. The summed E-state index contributed by atoms with van der Waals surface area (Å²) in [5, 5.41) is 18.7. The maximum absolute atomic E-state index is 13.9. The second-order valence-corrected chi connectivity index (χ2v) is 7.93. The molecule has 3 heterocycles. The van der Waals surface area contributed by atoms with E-state index in [0.717, 1.165) is 22.3 Å². The highest BCUT2D eigenvalue weighted by molar-refractivity contribution is 7.99. The Morgan fingerprint density at radius 3 is 2.93 bits per heavy atom. The Balaban J connectivity index is 1.39. The lowest BCUT2D eigenvalue weighted by Crippen LogP contribution is -2.14. The van der Waals surface area contributed by atoms with E-state index in [2.05, 4.69) is 25.8 Å². The molecule has 3 aromatic heterocycles. The lowest BCUT2D eigenvalue weighted by Gasteiger charge is -2.05. The zero-order valence-corrected chi connectivity index (χ0v) is 16.0. The van der Waals surface area contributed by atoms with Crippen LogP contribution in [0.3, 0.4) is 0 Å². The van der Waals surface area contributed by atoms with Gasteiger partial charge in [-0.2, -0.15) is 4.68 Å². The Kier molecular flexibility index (Phi) is 5.23. The first-order chi connectivity index (χ1) is 13.2. The van der Waals surface area contributed by atoms with E-state index in [-0.39, 0.29) is 17.3 Å². The number of nitrogens with zero attached hydrogens (tertiary/aromatic N) is 5. The molecule has 0 aliphatic heterocycles. The number of anilines is 1. The summed E-state index contributed by atoms with van der Waals surface area (Å²) in [6, 6.07) is 10.1. The summed E-state index contributed by atoms with van der Waals surface area (Å²) in [4.78, 5) is 17.7. The molecule has 0 fully saturated rings. The number of para-hydroxylation sites is 1. The van der Waals surface area contributed by atoms with Crippen molar-refractivity contribution in [1.29, 1.82) is 0 Å². The summed E-state index contributed by atoms with van der Waals surface area (Å²) < 4.78 is 15.2. The number of halogens is 1. The molecule has 7 nitrogen and oxygen atoms in total. The molecule has 0 bridgehead atoms. The predicted octanol–water partition coefficient (Wildman–Crippen LogP) is 3.72. The van der Waals surface area contributed by atoms with Gasteiger partial charge in [-0.1, -0.05) is 30.0 Å². The van der Waals surface area contributed by atoms with E-state index in [9.17, 15) is 9.18 Å². The number of hydrogen-bond acceptors (Lipinski definition) is 8. The first-order valence-corrected chi connectivity index (χ1v) is 10.4. The fourth-order valence-corrected chi connectivity index (χ4v) is 4.37. The number of thioether (sulfide) groups is 1. The van der Waals surface area contributed by atoms with Gasteiger partial charge in [0.25, 0.3) is 0 Å². The molecule has 0 saturated carbocycles. The molecule has 0 aliphatic carbocycles. The van der Waals surface area contributed by atoms with Crippen molar-refractivity contribution < 1.29 is 9.18 Å². The number of aromatic nitrogens is 5. The highest BCUT2D eigenvalue weighted by Gasteiger charge is 2.15. The van der Waals surface area contributed by atoms with E-state index in [1.807, 2.05) is 22.9 Å². The third-order valence-corrected chi connectivity index (χ3v) is 5.95. The van der Waals surface area contributed by atoms with Crippen molar-refractivity contribution in [3.8, 4) is 16.3 Å². The van der Waals surface area contributed by atoms with Crippen LogP contribution < -0.4 is 5.32 Å². The van der Waals surface area contributed by atoms with Crippen molar-refractivity contribution in [3.05, 3.63) is 53.0 Å². The standard InChI is InChI=1S/C16H11FN6OS3/c17-10-4-1-2-5-12(10)23-16(20-21-22-23)27-9-14(24)19-15-18-11(8-26-15)13-6-3-7-25-13/h1-8H,9H2,(H,18,19,24). The molecule has 4 rings (SSSR count). The Bertz CT molecular complexity index is 1060. The minimum Gasteiger partial charge on any atom is -0.301 e. The van der Waals surface area contributed by atoms with Crippen LogP contribution in [-0.4, -0.2) is 36.9 Å². The van der Waals surface area contributed by atoms with Gasteiger partial charge in [0.05, 0.1) is 16.3 Å². The number of benzene rings is 1. The van der Waals surface area contributed by atoms with Gasteiger partial charge in [-0.3, -0.25) is 4.79 Å². The van der Waals surface area contributed by atoms with Crippen LogP contribution in [0.2, 0.25) is 0 Å². The molecule has 136 valence electrons. The van der Waals surface area contributed by atoms with Crippen LogP contribution in [0.4, 0.5) is 9.52 Å². The lowest BCUT2D eigenvalue weighted by atomic mass is 10.3. The van der Waals surface area contributed by atoms with Crippen LogP contribution >= 0.6 is 34.4 Å². The lowest BCUT2D eigenvalue weighted by molar-refractivity contribution is -0.113. The van der Waals surface area contributed by atoms with Crippen molar-refractivity contribution >= 4 is 45.5 Å². The minimum atomic E-state index is -0.444. The minimum absolute atomic E-state index is 0.0722. The second kappa shape index (κ2) is 7.94. The molecule has 1 aromatic carbocycles. The largest absolute Gasteiger partial charge is 0.301 e. The van der Waals surface area contributed by atoms with Crippen molar-refractivity contribution in [3.63, 3.8) is 0 Å². The summed E-state index contributed by atoms with van der Waals surface area (Å²) in [5.74, 6) is -0.613. The number of nitrogens with one attached hydrogen (secondary N) is 1. The number of tetrazole rings is 1. The normalized spacial score (nSPS) is 10.9. The number of hydrogen-bond donors (Lipinski definition) is 1. The van der Waals surface area contributed by atoms with Crippen LogP contribution in [0.5, 0.6) is 0 Å². The molecule has 27 heavy (non-hydrogen) atoms. The van der Waals surface area contributed by atoms with Gasteiger partial charge in [-0.05, 0) is 34.0 Å². The average molecular weight is 419 g/mol. The van der Waals surface area contributed by atoms with Gasteiger partial charge in [-0.15, -0.1) is 27.8 Å². The van der Waals surface area contributed by atoms with E-state index in [4.69, 9.17) is 0 Å². The van der Waals surface area contributed by atoms with Gasteiger partial charge in [0.2, 0.25) is 11.1 Å². The van der Waals surface area contributed by atoms with Gasteiger partial charge < -0.3 is 5.32 Å². The molecule has 0 atom stereocenters. The van der Waals surface area contributed by atoms with Crippen molar-refractivity contribution in [2.45, 2.75) is 5.16 Å². The number of amides is 1. The molecular weight excluding hydrogens is 407 g/mol. The summed E-state index contributed by atoms with van der Waals surface area (Å²) in [6.45, 7) is 0. The zero-order valence-electron chi connectivity index (χ0n) is 13.6. The van der Waals surface area contributed by atoms with Crippen LogP contribution in [0, 0.1) is 5.82 Å². The molecule has 11 heteroatoms. The Labute approximate surface area is 165 Å². The van der Waals surface area contributed by atoms with Crippen molar-refractivity contribution in [2.75, 3.05) is 11.1 Å². The molecular formula is C16H11FN6OS3. The Morgan fingerprint density at radius 2 is 2.11 bits per heavy atom. The first kappa shape index (κ1) is 17.8. The van der Waals surface area contributed by atoms with E-state index in [1.54, 1.807) is 29.5 Å². The smallest absolute Gasteiger partial charge is 0.236 e. The fraction of sp³-hybridized carbons (Fsp3) is 0.0625. The zero-order chi connectivity index (χ0) is 18.6. The van der Waals surface area contributed by atoms with Gasteiger partial charge >= 0.3 is 0 Å². The fourth-order valence-electron chi connectivity index (χ4n) is 2.20. The highest BCUT2D eigenvalue weighted by Crippen LogP contribution is 2.28. The summed E-state index contributed by atoms with van der Waals surface area (Å²) in [6.07, 6.45) is 0. The SMILES string of the molecule is O=C(CSc1nnnn1-c1ccccc1F)Nc1nc(-c2cccs2)cs1. The number of carbonyl (C=O) groups is 1. The Morgan fingerprint density at radius 1 is 1.22 bits per heavy atom. The predicted molar refractivity (Wildman–Crippen MR) is 104 cm³/mol.